The largest absolute Gasteiger partial charge is 0.383 e. The second-order valence-corrected chi connectivity index (χ2v) is 5.40. The Kier molecular flexibility index (Phi) is 5.46. The molecule has 0 bridgehead atoms. The van der Waals surface area contributed by atoms with Crippen molar-refractivity contribution in [1.82, 2.24) is 15.3 Å². The monoisotopic (exact) mass is 279 g/mol. The predicted molar refractivity (Wildman–Crippen MR) is 77.5 cm³/mol. The maximum absolute atomic E-state index is 5.77. The molecule has 0 unspecified atom stereocenters. The summed E-state index contributed by atoms with van der Waals surface area (Å²) >= 11 is 0. The van der Waals surface area contributed by atoms with Crippen LogP contribution in [-0.4, -0.2) is 37.3 Å². The SMILES string of the molecule is COCCNCc1cc(C)nc(C2(OC)CCCC2)n1. The van der Waals surface area contributed by atoms with Crippen molar-refractivity contribution in [1.29, 1.82) is 0 Å². The molecule has 0 aliphatic heterocycles. The lowest BCUT2D eigenvalue weighted by Gasteiger charge is -2.26. The fourth-order valence-electron chi connectivity index (χ4n) is 2.78. The minimum atomic E-state index is -0.271. The van der Waals surface area contributed by atoms with Gasteiger partial charge in [-0.15, -0.1) is 0 Å². The standard InChI is InChI=1S/C15H25N3O2/c1-12-10-13(11-16-8-9-19-2)18-14(17-12)15(20-3)6-4-5-7-15/h10,16H,4-9,11H2,1-3H3. The molecule has 0 amide bonds. The Morgan fingerprint density at radius 2 is 2.00 bits per heavy atom. The van der Waals surface area contributed by atoms with Crippen LogP contribution in [0.5, 0.6) is 0 Å². The van der Waals surface area contributed by atoms with Gasteiger partial charge in [-0.25, -0.2) is 9.97 Å². The van der Waals surface area contributed by atoms with Crippen LogP contribution in [0.3, 0.4) is 0 Å². The molecule has 20 heavy (non-hydrogen) atoms. The van der Waals surface area contributed by atoms with Crippen LogP contribution < -0.4 is 5.32 Å². The summed E-state index contributed by atoms with van der Waals surface area (Å²) < 4.78 is 10.8. The quantitative estimate of drug-likeness (QED) is 0.773. The van der Waals surface area contributed by atoms with E-state index in [2.05, 4.69) is 10.3 Å². The third-order valence-electron chi connectivity index (χ3n) is 3.91. The van der Waals surface area contributed by atoms with Crippen molar-refractivity contribution in [3.05, 3.63) is 23.3 Å². The van der Waals surface area contributed by atoms with Crippen LogP contribution in [-0.2, 0) is 21.6 Å². The molecule has 1 N–H and O–H groups in total. The van der Waals surface area contributed by atoms with Crippen molar-refractivity contribution in [2.75, 3.05) is 27.4 Å². The Morgan fingerprint density at radius 1 is 1.25 bits per heavy atom. The molecule has 1 heterocycles. The Balaban J connectivity index is 2.11. The highest BCUT2D eigenvalue weighted by Gasteiger charge is 2.38. The number of aromatic nitrogens is 2. The first-order valence-corrected chi connectivity index (χ1v) is 7.30. The Labute approximate surface area is 121 Å². The van der Waals surface area contributed by atoms with Gasteiger partial charge in [-0.1, -0.05) is 0 Å². The molecule has 0 saturated heterocycles. The fourth-order valence-corrected chi connectivity index (χ4v) is 2.78. The molecule has 0 aromatic carbocycles. The Hall–Kier alpha value is -1.04. The molecule has 0 radical (unpaired) electrons. The van der Waals surface area contributed by atoms with Crippen molar-refractivity contribution in [3.8, 4) is 0 Å². The van der Waals surface area contributed by atoms with Gasteiger partial charge < -0.3 is 14.8 Å². The fraction of sp³-hybridized carbons (Fsp3) is 0.733. The third-order valence-corrected chi connectivity index (χ3v) is 3.91. The van der Waals surface area contributed by atoms with Crippen LogP contribution in [0, 0.1) is 6.92 Å². The summed E-state index contributed by atoms with van der Waals surface area (Å²) in [6, 6.07) is 2.03. The molecule has 2 rings (SSSR count). The van der Waals surface area contributed by atoms with Crippen molar-refractivity contribution in [2.24, 2.45) is 0 Å². The minimum Gasteiger partial charge on any atom is -0.383 e. The third kappa shape index (κ3) is 3.53. The van der Waals surface area contributed by atoms with E-state index in [-0.39, 0.29) is 5.60 Å². The van der Waals surface area contributed by atoms with E-state index in [1.54, 1.807) is 14.2 Å². The summed E-state index contributed by atoms with van der Waals surface area (Å²) in [5.74, 6) is 0.848. The van der Waals surface area contributed by atoms with E-state index in [0.717, 1.165) is 43.1 Å². The first-order valence-electron chi connectivity index (χ1n) is 7.30. The number of rotatable bonds is 7. The van der Waals surface area contributed by atoms with Crippen molar-refractivity contribution in [3.63, 3.8) is 0 Å². The lowest BCUT2D eigenvalue weighted by Crippen LogP contribution is -2.29. The molecule has 1 aromatic rings. The Morgan fingerprint density at radius 3 is 2.65 bits per heavy atom. The van der Waals surface area contributed by atoms with E-state index < -0.39 is 0 Å². The van der Waals surface area contributed by atoms with Crippen LogP contribution in [0.2, 0.25) is 0 Å². The number of hydrogen-bond donors (Lipinski definition) is 1. The molecular formula is C15H25N3O2. The van der Waals surface area contributed by atoms with E-state index in [9.17, 15) is 0 Å². The second kappa shape index (κ2) is 7.11. The number of methoxy groups -OCH3 is 2. The normalized spacial score (nSPS) is 17.6. The number of ether oxygens (including phenoxy) is 2. The zero-order valence-electron chi connectivity index (χ0n) is 12.7. The number of nitrogens with zero attached hydrogens (tertiary/aromatic N) is 2. The highest BCUT2D eigenvalue weighted by molar-refractivity contribution is 5.15. The van der Waals surface area contributed by atoms with Crippen molar-refractivity contribution >= 4 is 0 Å². The van der Waals surface area contributed by atoms with Crippen LogP contribution >= 0.6 is 0 Å². The first-order chi connectivity index (χ1) is 9.70. The van der Waals surface area contributed by atoms with Gasteiger partial charge in [0, 0.05) is 33.0 Å². The maximum atomic E-state index is 5.77. The van der Waals surface area contributed by atoms with Crippen molar-refractivity contribution < 1.29 is 9.47 Å². The van der Waals surface area contributed by atoms with E-state index in [1.165, 1.54) is 12.8 Å². The molecule has 0 atom stereocenters. The number of aryl methyl sites for hydroxylation is 1. The lowest BCUT2D eigenvalue weighted by molar-refractivity contribution is -0.0166. The molecule has 1 aliphatic rings. The lowest BCUT2D eigenvalue weighted by atomic mass is 10.0. The van der Waals surface area contributed by atoms with Gasteiger partial charge in [0.25, 0.3) is 0 Å². The number of nitrogens with one attached hydrogen (secondary N) is 1. The van der Waals surface area contributed by atoms with Gasteiger partial charge in [0.05, 0.1) is 12.3 Å². The molecule has 5 nitrogen and oxygen atoms in total. The zero-order valence-corrected chi connectivity index (χ0v) is 12.7. The smallest absolute Gasteiger partial charge is 0.160 e. The highest BCUT2D eigenvalue weighted by Crippen LogP contribution is 2.39. The summed E-state index contributed by atoms with van der Waals surface area (Å²) in [5, 5.41) is 3.32. The molecule has 1 fully saturated rings. The van der Waals surface area contributed by atoms with E-state index >= 15 is 0 Å². The van der Waals surface area contributed by atoms with Gasteiger partial charge in [-0.3, -0.25) is 0 Å². The zero-order chi connectivity index (χ0) is 14.4. The van der Waals surface area contributed by atoms with Crippen LogP contribution in [0.1, 0.15) is 42.9 Å². The molecule has 0 spiro atoms. The summed E-state index contributed by atoms with van der Waals surface area (Å²) in [6.45, 7) is 4.28. The van der Waals surface area contributed by atoms with Gasteiger partial charge in [0.15, 0.2) is 5.82 Å². The second-order valence-electron chi connectivity index (χ2n) is 5.40. The van der Waals surface area contributed by atoms with Gasteiger partial charge in [-0.05, 0) is 38.7 Å². The van der Waals surface area contributed by atoms with Crippen molar-refractivity contribution in [2.45, 2.75) is 44.8 Å². The molecule has 1 aliphatic carbocycles. The van der Waals surface area contributed by atoms with Gasteiger partial charge in [-0.2, -0.15) is 0 Å². The van der Waals surface area contributed by atoms with Crippen LogP contribution in [0.15, 0.2) is 6.07 Å². The summed E-state index contributed by atoms with van der Waals surface area (Å²) in [5.41, 5.74) is 1.75. The average molecular weight is 279 g/mol. The summed E-state index contributed by atoms with van der Waals surface area (Å²) in [7, 11) is 3.48. The maximum Gasteiger partial charge on any atom is 0.160 e. The number of hydrogen-bond acceptors (Lipinski definition) is 5. The molecule has 5 heteroatoms. The van der Waals surface area contributed by atoms with Gasteiger partial charge in [0.2, 0.25) is 0 Å². The van der Waals surface area contributed by atoms with E-state index in [1.807, 2.05) is 13.0 Å². The van der Waals surface area contributed by atoms with E-state index in [0.29, 0.717) is 6.61 Å². The summed E-state index contributed by atoms with van der Waals surface area (Å²) in [4.78, 5) is 9.33. The Bertz CT molecular complexity index is 431. The summed E-state index contributed by atoms with van der Waals surface area (Å²) in [6.07, 6.45) is 4.41. The molecule has 112 valence electrons. The molecular weight excluding hydrogens is 254 g/mol. The molecule has 1 saturated carbocycles. The highest BCUT2D eigenvalue weighted by atomic mass is 16.5. The predicted octanol–water partition coefficient (Wildman–Crippen LogP) is 1.94. The first kappa shape index (κ1) is 15.4. The topological polar surface area (TPSA) is 56.3 Å². The van der Waals surface area contributed by atoms with E-state index in [4.69, 9.17) is 14.5 Å². The van der Waals surface area contributed by atoms with Crippen LogP contribution in [0.4, 0.5) is 0 Å². The van der Waals surface area contributed by atoms with Gasteiger partial charge in [0.1, 0.15) is 5.60 Å². The average Bonchev–Trinajstić information content (AvgIpc) is 2.93. The van der Waals surface area contributed by atoms with Gasteiger partial charge >= 0.3 is 0 Å². The molecule has 1 aromatic heterocycles. The minimum absolute atomic E-state index is 0.271. The van der Waals surface area contributed by atoms with Crippen LogP contribution in [0.25, 0.3) is 0 Å².